The van der Waals surface area contributed by atoms with Crippen LogP contribution >= 0.6 is 0 Å². The first-order valence-electron chi connectivity index (χ1n) is 23.8. The van der Waals surface area contributed by atoms with Gasteiger partial charge in [0.15, 0.2) is 0 Å². The molecule has 10 aliphatic carbocycles. The van der Waals surface area contributed by atoms with Gasteiger partial charge in [0.25, 0.3) is 0 Å². The minimum absolute atomic E-state index is 0.0136. The third-order valence-electron chi connectivity index (χ3n) is 18.4. The SMILES string of the molecule is c1ccc2c(c1)CC1OC(C(Cc3ccc(C45CC6CC(CC(C6)C4)C5)cc3)(Cc3ccc(C45CC6CC(CC(C6)C4)C5)cc3)C3=NC4c5ccccc5CC4O3)=NC21. The summed E-state index contributed by atoms with van der Waals surface area (Å²) in [5, 5.41) is 0. The number of ether oxygens (including phenoxy) is 2. The van der Waals surface area contributed by atoms with Crippen molar-refractivity contribution in [3.8, 4) is 0 Å². The van der Waals surface area contributed by atoms with Crippen LogP contribution < -0.4 is 0 Å². The van der Waals surface area contributed by atoms with Crippen molar-refractivity contribution in [2.24, 2.45) is 50.9 Å². The molecule has 4 unspecified atom stereocenters. The van der Waals surface area contributed by atoms with Crippen LogP contribution in [0.2, 0.25) is 0 Å². The average molecular weight is 779 g/mol. The number of aliphatic imine (C=N–C) groups is 2. The highest BCUT2D eigenvalue weighted by Gasteiger charge is 2.56. The first-order chi connectivity index (χ1) is 28.9. The zero-order chi connectivity index (χ0) is 38.5. The van der Waals surface area contributed by atoms with Gasteiger partial charge in [-0.05, 0) is 181 Å². The molecule has 4 atom stereocenters. The van der Waals surface area contributed by atoms with Crippen molar-refractivity contribution < 1.29 is 9.47 Å². The molecule has 8 fully saturated rings. The van der Waals surface area contributed by atoms with Crippen LogP contribution in [0.5, 0.6) is 0 Å². The molecular formula is C55H58N2O2. The van der Waals surface area contributed by atoms with E-state index in [1.54, 1.807) is 11.1 Å². The second kappa shape index (κ2) is 12.5. The van der Waals surface area contributed by atoms with Gasteiger partial charge in [0, 0.05) is 12.8 Å². The molecule has 59 heavy (non-hydrogen) atoms. The van der Waals surface area contributed by atoms with Crippen molar-refractivity contribution >= 4 is 11.8 Å². The molecule has 16 rings (SSSR count). The molecule has 4 aromatic carbocycles. The number of rotatable bonds is 8. The Hall–Kier alpha value is -4.18. The first-order valence-corrected chi connectivity index (χ1v) is 23.8. The summed E-state index contributed by atoms with van der Waals surface area (Å²) in [5.74, 6) is 7.30. The van der Waals surface area contributed by atoms with Crippen LogP contribution in [-0.4, -0.2) is 24.0 Å². The molecular weight excluding hydrogens is 721 g/mol. The fourth-order valence-corrected chi connectivity index (χ4v) is 16.7. The summed E-state index contributed by atoms with van der Waals surface area (Å²) in [7, 11) is 0. The Labute approximate surface area is 350 Å². The van der Waals surface area contributed by atoms with Crippen LogP contribution in [0.1, 0.15) is 134 Å². The van der Waals surface area contributed by atoms with E-state index in [0.717, 1.165) is 73.0 Å². The molecule has 12 aliphatic rings. The summed E-state index contributed by atoms with van der Waals surface area (Å²) in [5.41, 5.74) is 11.3. The molecule has 0 spiro atoms. The highest BCUT2D eigenvalue weighted by Crippen LogP contribution is 2.62. The van der Waals surface area contributed by atoms with Crippen LogP contribution in [0.4, 0.5) is 0 Å². The van der Waals surface area contributed by atoms with Gasteiger partial charge in [-0.25, -0.2) is 9.98 Å². The molecule has 2 heterocycles. The largest absolute Gasteiger partial charge is 0.474 e. The summed E-state index contributed by atoms with van der Waals surface area (Å²) in [6.07, 6.45) is 20.6. The van der Waals surface area contributed by atoms with Crippen molar-refractivity contribution in [1.82, 2.24) is 0 Å². The quantitative estimate of drug-likeness (QED) is 0.179. The Kier molecular flexibility index (Phi) is 7.29. The molecule has 0 saturated heterocycles. The Morgan fingerprint density at radius 1 is 0.458 bits per heavy atom. The van der Waals surface area contributed by atoms with Gasteiger partial charge in [-0.2, -0.15) is 0 Å². The monoisotopic (exact) mass is 778 g/mol. The normalized spacial score (nSPS) is 39.5. The molecule has 4 nitrogen and oxygen atoms in total. The van der Waals surface area contributed by atoms with Gasteiger partial charge in [-0.15, -0.1) is 0 Å². The third-order valence-corrected chi connectivity index (χ3v) is 18.4. The first kappa shape index (κ1) is 34.5. The van der Waals surface area contributed by atoms with Crippen LogP contribution in [0, 0.1) is 40.9 Å². The predicted octanol–water partition coefficient (Wildman–Crippen LogP) is 11.6. The lowest BCUT2D eigenvalue weighted by molar-refractivity contribution is -0.00531. The molecule has 0 amide bonds. The van der Waals surface area contributed by atoms with Crippen molar-refractivity contribution in [1.29, 1.82) is 0 Å². The van der Waals surface area contributed by atoms with E-state index in [1.807, 2.05) is 0 Å². The molecule has 0 N–H and O–H groups in total. The smallest absolute Gasteiger partial charge is 0.201 e. The van der Waals surface area contributed by atoms with Crippen molar-refractivity contribution in [3.05, 3.63) is 142 Å². The van der Waals surface area contributed by atoms with Gasteiger partial charge in [-0.1, -0.05) is 97.1 Å². The van der Waals surface area contributed by atoms with E-state index in [9.17, 15) is 0 Å². The van der Waals surface area contributed by atoms with E-state index in [4.69, 9.17) is 19.5 Å². The molecule has 8 saturated carbocycles. The van der Waals surface area contributed by atoms with Gasteiger partial charge in [-0.3, -0.25) is 0 Å². The van der Waals surface area contributed by atoms with Crippen molar-refractivity contribution in [3.63, 3.8) is 0 Å². The Morgan fingerprint density at radius 3 is 1.19 bits per heavy atom. The second-order valence-electron chi connectivity index (χ2n) is 22.1. The number of hydrogen-bond acceptors (Lipinski definition) is 4. The summed E-state index contributed by atoms with van der Waals surface area (Å²) < 4.78 is 14.5. The Bertz CT molecular complexity index is 2170. The van der Waals surface area contributed by atoms with E-state index in [2.05, 4.69) is 97.1 Å². The fraction of sp³-hybridized carbons (Fsp3) is 0.527. The highest BCUT2D eigenvalue weighted by molar-refractivity contribution is 6.07. The molecule has 0 aromatic heterocycles. The molecule has 0 radical (unpaired) electrons. The molecule has 300 valence electrons. The lowest BCUT2D eigenvalue weighted by Gasteiger charge is -2.57. The van der Waals surface area contributed by atoms with E-state index < -0.39 is 5.41 Å². The zero-order valence-corrected chi connectivity index (χ0v) is 34.5. The van der Waals surface area contributed by atoms with Crippen LogP contribution in [0.3, 0.4) is 0 Å². The van der Waals surface area contributed by atoms with Gasteiger partial charge < -0.3 is 9.47 Å². The Balaban J connectivity index is 0.875. The Morgan fingerprint density at radius 2 is 0.814 bits per heavy atom. The lowest BCUT2D eigenvalue weighted by atomic mass is 9.48. The zero-order valence-electron chi connectivity index (χ0n) is 34.5. The summed E-state index contributed by atoms with van der Waals surface area (Å²) in [6, 6.07) is 37.7. The van der Waals surface area contributed by atoms with Gasteiger partial charge in [0.1, 0.15) is 29.7 Å². The van der Waals surface area contributed by atoms with Crippen LogP contribution in [0.25, 0.3) is 0 Å². The summed E-state index contributed by atoms with van der Waals surface area (Å²) in [6.45, 7) is 0. The van der Waals surface area contributed by atoms with Crippen molar-refractivity contribution in [2.45, 2.75) is 138 Å². The molecule has 4 heteroatoms. The fourth-order valence-electron chi connectivity index (χ4n) is 16.7. The predicted molar refractivity (Wildman–Crippen MR) is 233 cm³/mol. The van der Waals surface area contributed by atoms with Gasteiger partial charge in [0.05, 0.1) is 0 Å². The number of nitrogens with zero attached hydrogens (tertiary/aromatic N) is 2. The molecule has 2 aliphatic heterocycles. The third kappa shape index (κ3) is 5.26. The van der Waals surface area contributed by atoms with E-state index in [1.165, 1.54) is 110 Å². The number of benzene rings is 4. The highest BCUT2D eigenvalue weighted by atomic mass is 16.5. The topological polar surface area (TPSA) is 43.2 Å². The van der Waals surface area contributed by atoms with Crippen molar-refractivity contribution in [2.75, 3.05) is 0 Å². The average Bonchev–Trinajstić information content (AvgIpc) is 4.00. The molecule has 4 aromatic rings. The lowest BCUT2D eigenvalue weighted by Crippen LogP contribution is -2.48. The van der Waals surface area contributed by atoms with Crippen LogP contribution in [-0.2, 0) is 46.0 Å². The number of fused-ring (bicyclic) bond motifs is 6. The number of hydrogen-bond donors (Lipinski definition) is 0. The minimum Gasteiger partial charge on any atom is -0.474 e. The summed E-state index contributed by atoms with van der Waals surface area (Å²) in [4.78, 5) is 11.3. The standard InChI is InChI=1S/C55H58N2O2/c1-3-7-45-41(5-1)23-47-49(45)56-51(58-47)55(52-57-50-46-8-4-2-6-42(46)24-48(50)59-52,31-33-9-13-43(14-10-33)53-25-35-17-36(26-53)19-37(18-35)27-53)32-34-11-15-44(16-12-34)54-28-38-20-39(29-54)22-40(21-38)30-54/h1-16,35-40,47-50H,17-32H2. The van der Waals surface area contributed by atoms with E-state index >= 15 is 0 Å². The second-order valence-corrected chi connectivity index (χ2v) is 22.1. The summed E-state index contributed by atoms with van der Waals surface area (Å²) >= 11 is 0. The van der Waals surface area contributed by atoms with E-state index in [-0.39, 0.29) is 24.3 Å². The van der Waals surface area contributed by atoms with Gasteiger partial charge >= 0.3 is 0 Å². The minimum atomic E-state index is -0.664. The van der Waals surface area contributed by atoms with Crippen LogP contribution in [0.15, 0.2) is 107 Å². The maximum atomic E-state index is 7.25. The maximum Gasteiger partial charge on any atom is 0.201 e. The maximum absolute atomic E-state index is 7.25. The molecule has 8 bridgehead atoms. The van der Waals surface area contributed by atoms with E-state index in [0.29, 0.717) is 10.8 Å². The van der Waals surface area contributed by atoms with Gasteiger partial charge in [0.2, 0.25) is 11.8 Å².